The highest BCUT2D eigenvalue weighted by atomic mass is 19.1. The average Bonchev–Trinajstić information content (AvgIpc) is 3.54. The van der Waals surface area contributed by atoms with Crippen LogP contribution in [-0.2, 0) is 17.8 Å². The van der Waals surface area contributed by atoms with Crippen molar-refractivity contribution in [1.82, 2.24) is 5.32 Å². The SMILES string of the molecule is CN(C(=O)C1CC1)c1ccccc1C(=O)Nc1ccc2c(c1F)CCNC2. The maximum absolute atomic E-state index is 14.8. The Bertz CT molecular complexity index is 908. The molecule has 0 unspecified atom stereocenters. The van der Waals surface area contributed by atoms with Crippen LogP contribution in [0.4, 0.5) is 15.8 Å². The van der Waals surface area contributed by atoms with Gasteiger partial charge in [0, 0.05) is 19.5 Å². The molecular weight excluding hydrogens is 345 g/mol. The molecule has 5 nitrogen and oxygen atoms in total. The molecule has 1 heterocycles. The molecule has 2 aliphatic rings. The summed E-state index contributed by atoms with van der Waals surface area (Å²) in [4.78, 5) is 26.8. The summed E-state index contributed by atoms with van der Waals surface area (Å²) < 4.78 is 14.8. The quantitative estimate of drug-likeness (QED) is 0.873. The molecule has 2 aromatic rings. The van der Waals surface area contributed by atoms with Gasteiger partial charge in [0.1, 0.15) is 5.82 Å². The number of benzene rings is 2. The number of nitrogens with zero attached hydrogens (tertiary/aromatic N) is 1. The van der Waals surface area contributed by atoms with Crippen molar-refractivity contribution < 1.29 is 14.0 Å². The second-order valence-corrected chi connectivity index (χ2v) is 7.13. The van der Waals surface area contributed by atoms with E-state index < -0.39 is 5.91 Å². The van der Waals surface area contributed by atoms with Gasteiger partial charge in [0.25, 0.3) is 5.91 Å². The predicted molar refractivity (Wildman–Crippen MR) is 102 cm³/mol. The van der Waals surface area contributed by atoms with Crippen LogP contribution in [0.2, 0.25) is 0 Å². The Kier molecular flexibility index (Phi) is 4.66. The van der Waals surface area contributed by atoms with Crippen molar-refractivity contribution in [3.8, 4) is 0 Å². The highest BCUT2D eigenvalue weighted by molar-refractivity contribution is 6.11. The molecular formula is C21H22FN3O2. The first-order valence-corrected chi connectivity index (χ1v) is 9.25. The number of hydrogen-bond acceptors (Lipinski definition) is 3. The van der Waals surface area contributed by atoms with Crippen LogP contribution >= 0.6 is 0 Å². The second kappa shape index (κ2) is 7.12. The van der Waals surface area contributed by atoms with Crippen LogP contribution in [0.15, 0.2) is 36.4 Å². The molecule has 4 rings (SSSR count). The molecule has 27 heavy (non-hydrogen) atoms. The van der Waals surface area contributed by atoms with Crippen LogP contribution in [-0.4, -0.2) is 25.4 Å². The van der Waals surface area contributed by atoms with E-state index in [0.717, 1.165) is 24.9 Å². The van der Waals surface area contributed by atoms with Gasteiger partial charge in [0.15, 0.2) is 0 Å². The lowest BCUT2D eigenvalue weighted by Crippen LogP contribution is -2.30. The zero-order chi connectivity index (χ0) is 19.0. The molecule has 2 N–H and O–H groups in total. The Morgan fingerprint density at radius 1 is 1.19 bits per heavy atom. The standard InChI is InChI=1S/C21H22FN3O2/c1-25(21(27)13-6-7-13)18-5-3-2-4-16(18)20(26)24-17-9-8-14-12-23-11-10-15(14)19(17)22/h2-5,8-9,13,23H,6-7,10-12H2,1H3,(H,24,26). The zero-order valence-electron chi connectivity index (χ0n) is 15.2. The third-order valence-corrected chi connectivity index (χ3v) is 5.22. The fourth-order valence-electron chi connectivity index (χ4n) is 3.50. The van der Waals surface area contributed by atoms with Crippen molar-refractivity contribution in [3.63, 3.8) is 0 Å². The minimum Gasteiger partial charge on any atom is -0.319 e. The lowest BCUT2D eigenvalue weighted by Gasteiger charge is -2.21. The lowest BCUT2D eigenvalue weighted by atomic mass is 9.99. The third kappa shape index (κ3) is 3.45. The normalized spacial score (nSPS) is 15.8. The van der Waals surface area contributed by atoms with Gasteiger partial charge in [0.05, 0.1) is 16.9 Å². The van der Waals surface area contributed by atoms with Crippen molar-refractivity contribution in [2.75, 3.05) is 23.8 Å². The summed E-state index contributed by atoms with van der Waals surface area (Å²) in [7, 11) is 1.68. The Morgan fingerprint density at radius 2 is 1.96 bits per heavy atom. The molecule has 2 aromatic carbocycles. The number of anilines is 2. The number of para-hydroxylation sites is 1. The van der Waals surface area contributed by atoms with E-state index in [1.54, 1.807) is 37.4 Å². The predicted octanol–water partition coefficient (Wildman–Crippen LogP) is 3.10. The Morgan fingerprint density at radius 3 is 2.74 bits per heavy atom. The number of amides is 2. The highest BCUT2D eigenvalue weighted by Crippen LogP contribution is 2.33. The van der Waals surface area contributed by atoms with E-state index in [1.807, 2.05) is 6.07 Å². The van der Waals surface area contributed by atoms with Gasteiger partial charge in [0.2, 0.25) is 5.91 Å². The van der Waals surface area contributed by atoms with E-state index in [1.165, 1.54) is 4.90 Å². The number of carbonyl (C=O) groups excluding carboxylic acids is 2. The van der Waals surface area contributed by atoms with Gasteiger partial charge < -0.3 is 15.5 Å². The first-order valence-electron chi connectivity index (χ1n) is 9.25. The maximum Gasteiger partial charge on any atom is 0.257 e. The van der Waals surface area contributed by atoms with Crippen molar-refractivity contribution in [2.24, 2.45) is 5.92 Å². The van der Waals surface area contributed by atoms with Gasteiger partial charge in [-0.15, -0.1) is 0 Å². The monoisotopic (exact) mass is 367 g/mol. The first kappa shape index (κ1) is 17.7. The molecule has 0 aromatic heterocycles. The molecule has 0 saturated heterocycles. The Labute approximate surface area is 157 Å². The van der Waals surface area contributed by atoms with Crippen LogP contribution in [0.5, 0.6) is 0 Å². The van der Waals surface area contributed by atoms with E-state index in [4.69, 9.17) is 0 Å². The summed E-state index contributed by atoms with van der Waals surface area (Å²) >= 11 is 0. The summed E-state index contributed by atoms with van der Waals surface area (Å²) in [5.74, 6) is -0.725. The molecule has 0 spiro atoms. The van der Waals surface area contributed by atoms with Crippen LogP contribution in [0.3, 0.4) is 0 Å². The Balaban J connectivity index is 1.60. The van der Waals surface area contributed by atoms with Crippen molar-refractivity contribution in [1.29, 1.82) is 0 Å². The second-order valence-electron chi connectivity index (χ2n) is 7.13. The molecule has 0 bridgehead atoms. The minimum absolute atomic E-state index is 0.0164. The zero-order valence-corrected chi connectivity index (χ0v) is 15.2. The molecule has 1 aliphatic carbocycles. The molecule has 140 valence electrons. The van der Waals surface area contributed by atoms with Gasteiger partial charge >= 0.3 is 0 Å². The fraction of sp³-hybridized carbons (Fsp3) is 0.333. The highest BCUT2D eigenvalue weighted by Gasteiger charge is 2.33. The minimum atomic E-state index is -0.422. The van der Waals surface area contributed by atoms with E-state index in [2.05, 4.69) is 10.6 Å². The molecule has 0 atom stereocenters. The molecule has 1 saturated carbocycles. The lowest BCUT2D eigenvalue weighted by molar-refractivity contribution is -0.119. The summed E-state index contributed by atoms with van der Waals surface area (Å²) in [6.07, 6.45) is 2.39. The van der Waals surface area contributed by atoms with Crippen molar-refractivity contribution in [2.45, 2.75) is 25.8 Å². The van der Waals surface area contributed by atoms with Crippen LogP contribution < -0.4 is 15.5 Å². The van der Waals surface area contributed by atoms with Crippen molar-refractivity contribution in [3.05, 3.63) is 58.9 Å². The number of halogens is 1. The molecule has 1 fully saturated rings. The van der Waals surface area contributed by atoms with E-state index in [-0.39, 0.29) is 23.3 Å². The van der Waals surface area contributed by atoms with Gasteiger partial charge in [-0.1, -0.05) is 18.2 Å². The van der Waals surface area contributed by atoms with Crippen LogP contribution in [0.1, 0.15) is 34.3 Å². The average molecular weight is 367 g/mol. The largest absolute Gasteiger partial charge is 0.319 e. The van der Waals surface area contributed by atoms with Crippen LogP contribution in [0, 0.1) is 11.7 Å². The van der Waals surface area contributed by atoms with Crippen LogP contribution in [0.25, 0.3) is 0 Å². The Hall–Kier alpha value is -2.73. The summed E-state index contributed by atoms with van der Waals surface area (Å²) in [6.45, 7) is 1.36. The summed E-state index contributed by atoms with van der Waals surface area (Å²) in [5, 5.41) is 5.89. The van der Waals surface area contributed by atoms with Gasteiger partial charge in [-0.25, -0.2) is 4.39 Å². The molecule has 0 radical (unpaired) electrons. The smallest absolute Gasteiger partial charge is 0.257 e. The van der Waals surface area contributed by atoms with E-state index >= 15 is 0 Å². The number of carbonyl (C=O) groups is 2. The van der Waals surface area contributed by atoms with Gasteiger partial charge in [-0.2, -0.15) is 0 Å². The third-order valence-electron chi connectivity index (χ3n) is 5.22. The number of rotatable bonds is 4. The number of hydrogen-bond donors (Lipinski definition) is 2. The number of nitrogens with one attached hydrogen (secondary N) is 2. The van der Waals surface area contributed by atoms with E-state index in [0.29, 0.717) is 29.8 Å². The first-order chi connectivity index (χ1) is 13.1. The van der Waals surface area contributed by atoms with Crippen molar-refractivity contribution >= 4 is 23.2 Å². The molecule has 6 heteroatoms. The topological polar surface area (TPSA) is 61.4 Å². The maximum atomic E-state index is 14.8. The molecule has 2 amide bonds. The van der Waals surface area contributed by atoms with Gasteiger partial charge in [-0.3, -0.25) is 9.59 Å². The summed E-state index contributed by atoms with van der Waals surface area (Å²) in [5.41, 5.74) is 2.64. The van der Waals surface area contributed by atoms with Gasteiger partial charge in [-0.05, 0) is 55.1 Å². The molecule has 1 aliphatic heterocycles. The summed E-state index contributed by atoms with van der Waals surface area (Å²) in [6, 6.07) is 10.4. The van der Waals surface area contributed by atoms with E-state index in [9.17, 15) is 14.0 Å². The fourth-order valence-corrected chi connectivity index (χ4v) is 3.50. The number of fused-ring (bicyclic) bond motifs is 1.